The topological polar surface area (TPSA) is 79.0 Å². The average molecular weight is 242 g/mol. The minimum atomic E-state index is -1.46. The Morgan fingerprint density at radius 2 is 1.94 bits per heavy atom. The molecule has 0 saturated heterocycles. The normalized spacial score (nSPS) is 9.50. The molecule has 0 N–H and O–H groups in total. The summed E-state index contributed by atoms with van der Waals surface area (Å²) in [5, 5.41) is 17.3. The summed E-state index contributed by atoms with van der Waals surface area (Å²) in [4.78, 5) is 10.4. The Morgan fingerprint density at radius 1 is 1.25 bits per heavy atom. The number of benzene rings is 1. The summed E-state index contributed by atoms with van der Waals surface area (Å²) in [6.45, 7) is 0. The van der Waals surface area contributed by atoms with Crippen LogP contribution in [0.5, 0.6) is 0 Å². The predicted octanol–water partition coefficient (Wildman–Crippen LogP) is -2.97. The van der Waals surface area contributed by atoms with Crippen molar-refractivity contribution in [3.63, 3.8) is 0 Å². The standard InChI is InChI=1S/C10H8N2O3.K/c13-10(14)9-12-11-8(15-9)6-7-4-2-1-3-5-7;/h1-5H,6H2,(H,13,14);/q;+1/p-1. The first-order chi connectivity index (χ1) is 7.25. The van der Waals surface area contributed by atoms with Crippen LogP contribution < -0.4 is 56.5 Å². The molecule has 0 fully saturated rings. The van der Waals surface area contributed by atoms with Crippen molar-refractivity contribution in [3.05, 3.63) is 47.7 Å². The van der Waals surface area contributed by atoms with E-state index in [1.807, 2.05) is 30.3 Å². The van der Waals surface area contributed by atoms with Crippen molar-refractivity contribution in [2.75, 3.05) is 0 Å². The van der Waals surface area contributed by atoms with Gasteiger partial charge in [-0.25, -0.2) is 0 Å². The van der Waals surface area contributed by atoms with E-state index in [4.69, 9.17) is 4.42 Å². The molecule has 0 spiro atoms. The zero-order valence-electron chi connectivity index (χ0n) is 8.71. The van der Waals surface area contributed by atoms with E-state index in [0.717, 1.165) is 5.56 Å². The van der Waals surface area contributed by atoms with Crippen molar-refractivity contribution in [1.29, 1.82) is 0 Å². The van der Waals surface area contributed by atoms with E-state index >= 15 is 0 Å². The van der Waals surface area contributed by atoms with Crippen LogP contribution >= 0.6 is 0 Å². The Balaban J connectivity index is 0.00000128. The summed E-state index contributed by atoms with van der Waals surface area (Å²) in [7, 11) is 0. The van der Waals surface area contributed by atoms with E-state index in [1.54, 1.807) is 0 Å². The van der Waals surface area contributed by atoms with Crippen LogP contribution in [-0.4, -0.2) is 16.2 Å². The van der Waals surface area contributed by atoms with Crippen LogP contribution in [0.15, 0.2) is 34.7 Å². The van der Waals surface area contributed by atoms with E-state index < -0.39 is 11.9 Å². The van der Waals surface area contributed by atoms with Gasteiger partial charge in [-0.05, 0) is 5.56 Å². The number of nitrogens with zero attached hydrogens (tertiary/aromatic N) is 2. The summed E-state index contributed by atoms with van der Waals surface area (Å²) in [5.74, 6) is -1.68. The van der Waals surface area contributed by atoms with Crippen molar-refractivity contribution in [2.45, 2.75) is 6.42 Å². The summed E-state index contributed by atoms with van der Waals surface area (Å²) in [6.07, 6.45) is 0.418. The molecule has 0 bridgehead atoms. The Morgan fingerprint density at radius 3 is 2.50 bits per heavy atom. The number of aromatic nitrogens is 2. The molecule has 0 radical (unpaired) electrons. The first-order valence-corrected chi connectivity index (χ1v) is 4.33. The largest absolute Gasteiger partial charge is 1.00 e. The van der Waals surface area contributed by atoms with E-state index in [1.165, 1.54) is 0 Å². The molecule has 0 unspecified atom stereocenters. The van der Waals surface area contributed by atoms with Gasteiger partial charge in [-0.1, -0.05) is 30.3 Å². The molecule has 0 atom stereocenters. The molecule has 2 rings (SSSR count). The van der Waals surface area contributed by atoms with Gasteiger partial charge in [-0.15, -0.1) is 10.2 Å². The first-order valence-electron chi connectivity index (χ1n) is 4.33. The molecule has 6 heteroatoms. The molecule has 1 aromatic heterocycles. The van der Waals surface area contributed by atoms with Crippen LogP contribution in [0.1, 0.15) is 22.1 Å². The molecule has 16 heavy (non-hydrogen) atoms. The number of hydrogen-bond donors (Lipinski definition) is 0. The van der Waals surface area contributed by atoms with Crippen LogP contribution in [0.25, 0.3) is 0 Å². The van der Waals surface area contributed by atoms with Crippen molar-refractivity contribution < 1.29 is 65.7 Å². The predicted molar refractivity (Wildman–Crippen MR) is 47.9 cm³/mol. The first kappa shape index (κ1) is 13.5. The van der Waals surface area contributed by atoms with Crippen LogP contribution in [0.2, 0.25) is 0 Å². The molecule has 0 aliphatic carbocycles. The van der Waals surface area contributed by atoms with Gasteiger partial charge in [0.15, 0.2) is 0 Å². The maximum Gasteiger partial charge on any atom is 1.00 e. The van der Waals surface area contributed by atoms with Gasteiger partial charge in [0.1, 0.15) is 5.97 Å². The molecule has 2 aromatic rings. The van der Waals surface area contributed by atoms with Crippen molar-refractivity contribution in [2.24, 2.45) is 0 Å². The average Bonchev–Trinajstić information content (AvgIpc) is 2.68. The molecular formula is C10H7KN2O3. The van der Waals surface area contributed by atoms with Gasteiger partial charge in [-0.3, -0.25) is 0 Å². The Kier molecular flexibility index (Phi) is 5.30. The van der Waals surface area contributed by atoms with Crippen LogP contribution in [0, 0.1) is 0 Å². The monoisotopic (exact) mass is 242 g/mol. The summed E-state index contributed by atoms with van der Waals surface area (Å²) in [6, 6.07) is 9.44. The van der Waals surface area contributed by atoms with Crippen LogP contribution in [0.4, 0.5) is 0 Å². The molecule has 1 heterocycles. The Hall–Kier alpha value is -0.534. The van der Waals surface area contributed by atoms with E-state index in [2.05, 4.69) is 10.2 Å². The number of carbonyl (C=O) groups excluding carboxylic acids is 1. The Bertz CT molecular complexity index is 470. The quantitative estimate of drug-likeness (QED) is 0.537. The molecule has 0 aliphatic rings. The number of aromatic carboxylic acids is 1. The van der Waals surface area contributed by atoms with Gasteiger partial charge in [0.2, 0.25) is 5.89 Å². The number of hydrogen-bond acceptors (Lipinski definition) is 5. The molecule has 0 amide bonds. The summed E-state index contributed by atoms with van der Waals surface area (Å²) >= 11 is 0. The van der Waals surface area contributed by atoms with Gasteiger partial charge in [-0.2, -0.15) is 0 Å². The molecule has 76 valence electrons. The summed E-state index contributed by atoms with van der Waals surface area (Å²) in [5.41, 5.74) is 0.978. The van der Waals surface area contributed by atoms with Crippen molar-refractivity contribution in [3.8, 4) is 0 Å². The zero-order valence-corrected chi connectivity index (χ0v) is 11.8. The van der Waals surface area contributed by atoms with Gasteiger partial charge in [0.05, 0.1) is 6.42 Å². The molecule has 5 nitrogen and oxygen atoms in total. The minimum Gasteiger partial charge on any atom is -0.540 e. The fraction of sp³-hybridized carbons (Fsp3) is 0.100. The van der Waals surface area contributed by atoms with Gasteiger partial charge < -0.3 is 14.3 Å². The number of carbonyl (C=O) groups is 1. The van der Waals surface area contributed by atoms with Gasteiger partial charge in [0, 0.05) is 0 Å². The van der Waals surface area contributed by atoms with E-state index in [-0.39, 0.29) is 57.3 Å². The number of carboxylic acid groups (broad SMARTS) is 1. The van der Waals surface area contributed by atoms with Gasteiger partial charge >= 0.3 is 51.4 Å². The smallest absolute Gasteiger partial charge is 0.540 e. The SMILES string of the molecule is O=C([O-])c1nnc(Cc2ccccc2)o1.[K+]. The fourth-order valence-corrected chi connectivity index (χ4v) is 1.18. The summed E-state index contributed by atoms with van der Waals surface area (Å²) < 4.78 is 4.86. The fourth-order valence-electron chi connectivity index (χ4n) is 1.18. The second-order valence-corrected chi connectivity index (χ2v) is 2.95. The third-order valence-corrected chi connectivity index (χ3v) is 1.84. The maximum atomic E-state index is 10.4. The minimum absolute atomic E-state index is 0. The van der Waals surface area contributed by atoms with Gasteiger partial charge in [0.25, 0.3) is 5.89 Å². The third-order valence-electron chi connectivity index (χ3n) is 1.84. The van der Waals surface area contributed by atoms with E-state index in [9.17, 15) is 9.90 Å². The van der Waals surface area contributed by atoms with Crippen molar-refractivity contribution >= 4 is 5.97 Å². The maximum absolute atomic E-state index is 10.4. The molecule has 0 saturated carbocycles. The van der Waals surface area contributed by atoms with Crippen LogP contribution in [0.3, 0.4) is 0 Å². The van der Waals surface area contributed by atoms with Crippen molar-refractivity contribution in [1.82, 2.24) is 10.2 Å². The second-order valence-electron chi connectivity index (χ2n) is 2.95. The van der Waals surface area contributed by atoms with E-state index in [0.29, 0.717) is 6.42 Å². The third kappa shape index (κ3) is 3.50. The molecular weight excluding hydrogens is 235 g/mol. The Labute approximate surface area is 134 Å². The zero-order chi connectivity index (χ0) is 10.7. The molecule has 1 aromatic carbocycles. The molecule has 0 aliphatic heterocycles. The number of carboxylic acids is 1. The second kappa shape index (κ2) is 6.26. The number of rotatable bonds is 3. The van der Waals surface area contributed by atoms with Crippen LogP contribution in [-0.2, 0) is 6.42 Å².